The molecule has 178 valence electrons. The highest BCUT2D eigenvalue weighted by Gasteiger charge is 2.66. The van der Waals surface area contributed by atoms with Crippen LogP contribution in [-0.4, -0.2) is 55.3 Å². The number of ketones is 3. The van der Waals surface area contributed by atoms with Gasteiger partial charge >= 0.3 is 5.97 Å². The van der Waals surface area contributed by atoms with Crippen molar-refractivity contribution in [1.82, 2.24) is 0 Å². The molecule has 0 aromatic heterocycles. The molecular weight excluding hydrogens is 450 g/mol. The van der Waals surface area contributed by atoms with Gasteiger partial charge in [-0.05, 0) is 6.07 Å². The maximum absolute atomic E-state index is 13.5. The zero-order valence-electron chi connectivity index (χ0n) is 18.1. The second-order valence-electron chi connectivity index (χ2n) is 8.77. The zero-order chi connectivity index (χ0) is 25.3. The van der Waals surface area contributed by atoms with Crippen LogP contribution >= 0.6 is 0 Å². The number of amides is 1. The first-order valence-electron chi connectivity index (χ1n) is 10.4. The Balaban J connectivity index is 2.09. The monoisotopic (exact) mass is 471 g/mol. The number of hydrogen-bond donors (Lipinski definition) is 5. The van der Waals surface area contributed by atoms with Crippen molar-refractivity contribution in [1.29, 1.82) is 0 Å². The molecule has 0 bridgehead atoms. The molecular formula is C23H21NO10. The molecule has 2 aromatic rings. The van der Waals surface area contributed by atoms with E-state index in [9.17, 15) is 44.4 Å². The fourth-order valence-electron chi connectivity index (χ4n) is 4.73. The second-order valence-corrected chi connectivity index (χ2v) is 8.77. The number of Topliss-reactive ketones (excluding diaryl/α,β-unsaturated/α-hetero) is 3. The van der Waals surface area contributed by atoms with E-state index in [0.29, 0.717) is 0 Å². The molecule has 2 aliphatic rings. The third-order valence-corrected chi connectivity index (χ3v) is 6.44. The summed E-state index contributed by atoms with van der Waals surface area (Å²) < 4.78 is 5.46. The number of nitrogens with two attached hydrogens (primary N) is 1. The van der Waals surface area contributed by atoms with Gasteiger partial charge in [-0.15, -0.1) is 0 Å². The lowest BCUT2D eigenvalue weighted by Crippen LogP contribution is -2.65. The van der Waals surface area contributed by atoms with Crippen LogP contribution in [0.15, 0.2) is 18.2 Å². The number of rotatable bonds is 3. The van der Waals surface area contributed by atoms with E-state index in [1.807, 2.05) is 0 Å². The van der Waals surface area contributed by atoms with Gasteiger partial charge in [0.1, 0.15) is 23.4 Å². The zero-order valence-corrected chi connectivity index (χ0v) is 18.1. The summed E-state index contributed by atoms with van der Waals surface area (Å²) in [5, 5.41) is 43.1. The first-order valence-corrected chi connectivity index (χ1v) is 10.4. The van der Waals surface area contributed by atoms with Gasteiger partial charge in [0.05, 0.1) is 28.3 Å². The Morgan fingerprint density at radius 1 is 1.12 bits per heavy atom. The van der Waals surface area contributed by atoms with E-state index in [0.717, 1.165) is 0 Å². The standard InChI is InChI=1S/C23H21NO10/c1-7(2)22(32)34-18-9-6-11(26)13(21(24)31)19(29)23(9,33)20(30)15-14(18)16(27)8-4-3-5-10(25)12(8)17(15)28/h3-5,7,9,13,18,25,27-28,33H,6H2,1-2H3,(H2,24,31)/t9-,13?,18-,23-/m1/s1. The number of primary amides is 1. The summed E-state index contributed by atoms with van der Waals surface area (Å²) in [7, 11) is 0. The van der Waals surface area contributed by atoms with E-state index >= 15 is 0 Å². The van der Waals surface area contributed by atoms with Gasteiger partial charge in [0.25, 0.3) is 0 Å². The van der Waals surface area contributed by atoms with E-state index in [-0.39, 0.29) is 10.8 Å². The number of esters is 1. The number of aromatic hydroxyl groups is 3. The molecule has 2 aliphatic carbocycles. The summed E-state index contributed by atoms with van der Waals surface area (Å²) in [6, 6.07) is 3.84. The minimum absolute atomic E-state index is 0.108. The Morgan fingerprint density at radius 2 is 1.76 bits per heavy atom. The average Bonchev–Trinajstić information content (AvgIpc) is 2.75. The molecule has 11 heteroatoms. The van der Waals surface area contributed by atoms with Gasteiger partial charge in [-0.1, -0.05) is 26.0 Å². The lowest BCUT2D eigenvalue weighted by Gasteiger charge is -2.46. The van der Waals surface area contributed by atoms with E-state index in [4.69, 9.17) is 10.5 Å². The van der Waals surface area contributed by atoms with Crippen LogP contribution in [0.25, 0.3) is 10.8 Å². The van der Waals surface area contributed by atoms with Gasteiger partial charge in [0, 0.05) is 11.8 Å². The minimum atomic E-state index is -3.08. The van der Waals surface area contributed by atoms with Crippen molar-refractivity contribution >= 4 is 40.0 Å². The molecule has 11 nitrogen and oxygen atoms in total. The summed E-state index contributed by atoms with van der Waals surface area (Å²) >= 11 is 0. The summed E-state index contributed by atoms with van der Waals surface area (Å²) in [4.78, 5) is 63.5. The van der Waals surface area contributed by atoms with Crippen LogP contribution in [0.2, 0.25) is 0 Å². The van der Waals surface area contributed by atoms with E-state index < -0.39 is 93.5 Å². The highest BCUT2D eigenvalue weighted by Crippen LogP contribution is 2.56. The van der Waals surface area contributed by atoms with Gasteiger partial charge < -0.3 is 30.9 Å². The molecule has 1 saturated carbocycles. The summed E-state index contributed by atoms with van der Waals surface area (Å²) in [5.41, 5.74) is 0.874. The Hall–Kier alpha value is -3.99. The molecule has 0 spiro atoms. The summed E-state index contributed by atoms with van der Waals surface area (Å²) in [6.07, 6.45) is -2.48. The molecule has 4 rings (SSSR count). The first-order chi connectivity index (χ1) is 15.8. The van der Waals surface area contributed by atoms with E-state index in [1.54, 1.807) is 0 Å². The maximum atomic E-state index is 13.5. The molecule has 0 saturated heterocycles. The minimum Gasteiger partial charge on any atom is -0.507 e. The molecule has 34 heavy (non-hydrogen) atoms. The predicted molar refractivity (Wildman–Crippen MR) is 113 cm³/mol. The number of aliphatic hydroxyl groups is 1. The number of fused-ring (bicyclic) bond motifs is 3. The maximum Gasteiger partial charge on any atom is 0.308 e. The van der Waals surface area contributed by atoms with Crippen molar-refractivity contribution in [2.75, 3.05) is 0 Å². The van der Waals surface area contributed by atoms with E-state index in [1.165, 1.54) is 32.0 Å². The Morgan fingerprint density at radius 3 is 2.35 bits per heavy atom. The van der Waals surface area contributed by atoms with Crippen LogP contribution in [0.5, 0.6) is 17.2 Å². The Kier molecular flexibility index (Phi) is 5.13. The highest BCUT2D eigenvalue weighted by atomic mass is 16.5. The number of carbonyl (C=O) groups is 5. The molecule has 1 unspecified atom stereocenters. The van der Waals surface area contributed by atoms with E-state index in [2.05, 4.69) is 0 Å². The van der Waals surface area contributed by atoms with Crippen LogP contribution < -0.4 is 5.73 Å². The van der Waals surface area contributed by atoms with Crippen molar-refractivity contribution in [3.05, 3.63) is 29.3 Å². The molecule has 2 aromatic carbocycles. The summed E-state index contributed by atoms with van der Waals surface area (Å²) in [5.74, 6) is -12.8. The fraction of sp³-hybridized carbons (Fsp3) is 0.348. The Labute approximate surface area is 191 Å². The largest absolute Gasteiger partial charge is 0.507 e. The van der Waals surface area contributed by atoms with Crippen molar-refractivity contribution in [2.45, 2.75) is 32.0 Å². The highest BCUT2D eigenvalue weighted by molar-refractivity contribution is 6.32. The first kappa shape index (κ1) is 23.2. The van der Waals surface area contributed by atoms with Crippen LogP contribution in [-0.2, 0) is 23.9 Å². The average molecular weight is 471 g/mol. The third kappa shape index (κ3) is 2.90. The second kappa shape index (κ2) is 7.52. The molecule has 0 aliphatic heterocycles. The molecule has 4 atom stereocenters. The molecule has 1 fully saturated rings. The number of carbonyl (C=O) groups excluding carboxylic acids is 5. The van der Waals surface area contributed by atoms with Crippen LogP contribution in [0, 0.1) is 17.8 Å². The number of hydrogen-bond acceptors (Lipinski definition) is 10. The van der Waals surface area contributed by atoms with Crippen LogP contribution in [0.4, 0.5) is 0 Å². The normalized spacial score (nSPS) is 26.4. The van der Waals surface area contributed by atoms with Gasteiger partial charge in [-0.25, -0.2) is 0 Å². The number of phenolic OH excluding ortho intramolecular Hbond substituents is 3. The molecule has 1 amide bonds. The molecule has 0 heterocycles. The topological polar surface area (TPSA) is 202 Å². The smallest absolute Gasteiger partial charge is 0.308 e. The summed E-state index contributed by atoms with van der Waals surface area (Å²) in [6.45, 7) is 2.97. The lowest BCUT2D eigenvalue weighted by molar-refractivity contribution is -0.175. The van der Waals surface area contributed by atoms with Crippen molar-refractivity contribution < 1.29 is 49.1 Å². The fourth-order valence-corrected chi connectivity index (χ4v) is 4.73. The van der Waals surface area contributed by atoms with Gasteiger partial charge in [-0.3, -0.25) is 24.0 Å². The van der Waals surface area contributed by atoms with Crippen molar-refractivity contribution in [3.63, 3.8) is 0 Å². The molecule has 0 radical (unpaired) electrons. The number of benzene rings is 2. The number of ether oxygens (including phenoxy) is 1. The van der Waals surface area contributed by atoms with Crippen LogP contribution in [0.3, 0.4) is 0 Å². The van der Waals surface area contributed by atoms with Crippen molar-refractivity contribution in [2.24, 2.45) is 23.5 Å². The van der Waals surface area contributed by atoms with Crippen molar-refractivity contribution in [3.8, 4) is 17.2 Å². The number of phenols is 3. The van der Waals surface area contributed by atoms with Gasteiger partial charge in [-0.2, -0.15) is 0 Å². The third-order valence-electron chi connectivity index (χ3n) is 6.44. The van der Waals surface area contributed by atoms with Gasteiger partial charge in [0.2, 0.25) is 11.7 Å². The predicted octanol–water partition coefficient (Wildman–Crippen LogP) is 0.384. The molecule has 6 N–H and O–H groups in total. The van der Waals surface area contributed by atoms with Gasteiger partial charge in [0.15, 0.2) is 23.1 Å². The van der Waals surface area contributed by atoms with Crippen LogP contribution in [0.1, 0.15) is 42.3 Å². The lowest BCUT2D eigenvalue weighted by atomic mass is 9.59. The Bertz CT molecular complexity index is 1310. The SMILES string of the molecule is CC(C)C(=O)O[C@H]1c2c(c(O)c3c(O)cccc3c2O)C(=O)[C@]2(O)C(=O)C(C(N)=O)C(=O)C[C@H]12. The quantitative estimate of drug-likeness (QED) is 0.237.